The average molecular weight is 435 g/mol. The van der Waals surface area contributed by atoms with Crippen molar-refractivity contribution in [2.75, 3.05) is 7.11 Å². The number of fused-ring (bicyclic) bond motifs is 3. The topological polar surface area (TPSA) is 35.5 Å². The number of hydrogen-bond acceptors (Lipinski definition) is 3. The van der Waals surface area contributed by atoms with Crippen molar-refractivity contribution in [3.63, 3.8) is 0 Å². The van der Waals surface area contributed by atoms with Gasteiger partial charge in [-0.05, 0) is 35.9 Å². The Hall–Kier alpha value is -4.11. The number of methoxy groups -OCH3 is 1. The van der Waals surface area contributed by atoms with Crippen molar-refractivity contribution in [3.05, 3.63) is 132 Å². The Labute approximate surface area is 194 Å². The van der Waals surface area contributed by atoms with E-state index < -0.39 is 5.60 Å². The Kier molecular flexibility index (Phi) is 6.41. The molecule has 0 atom stereocenters. The maximum absolute atomic E-state index is 10.2. The average Bonchev–Trinajstić information content (AvgIpc) is 2.89. The minimum absolute atomic E-state index is 0.347. The Bertz CT molecular complexity index is 1260. The largest absolute Gasteiger partial charge is 0.473 e. The van der Waals surface area contributed by atoms with E-state index in [-0.39, 0.29) is 5.97 Å². The molecule has 0 saturated heterocycles. The highest BCUT2D eigenvalue weighted by Crippen LogP contribution is 2.43. The summed E-state index contributed by atoms with van der Waals surface area (Å²) in [4.78, 5) is 10.2. The minimum atomic E-state index is -0.613. The smallest absolute Gasteiger partial charge is 0.332 e. The SMILES string of the molecule is C1=CC(c2ccccc2)(c2ccccc2)Oc2ccc3ccccc3c21.C=C(C)C(=O)OC. The van der Waals surface area contributed by atoms with E-state index in [1.807, 2.05) is 12.1 Å². The number of hydrogen-bond donors (Lipinski definition) is 0. The van der Waals surface area contributed by atoms with E-state index in [0.717, 1.165) is 22.4 Å². The number of carbonyl (C=O) groups is 1. The highest BCUT2D eigenvalue weighted by molar-refractivity contribution is 5.94. The van der Waals surface area contributed by atoms with Crippen LogP contribution in [0.2, 0.25) is 0 Å². The van der Waals surface area contributed by atoms with Gasteiger partial charge in [-0.15, -0.1) is 0 Å². The summed E-state index contributed by atoms with van der Waals surface area (Å²) >= 11 is 0. The molecule has 3 heteroatoms. The molecule has 0 saturated carbocycles. The molecule has 164 valence electrons. The lowest BCUT2D eigenvalue weighted by Gasteiger charge is -2.36. The first-order chi connectivity index (χ1) is 16.0. The van der Waals surface area contributed by atoms with Gasteiger partial charge in [0.1, 0.15) is 5.75 Å². The zero-order chi connectivity index (χ0) is 23.3. The van der Waals surface area contributed by atoms with Gasteiger partial charge in [0.25, 0.3) is 0 Å². The quantitative estimate of drug-likeness (QED) is 0.259. The van der Waals surface area contributed by atoms with Gasteiger partial charge < -0.3 is 9.47 Å². The van der Waals surface area contributed by atoms with Crippen LogP contribution in [-0.2, 0) is 15.1 Å². The van der Waals surface area contributed by atoms with E-state index in [9.17, 15) is 4.79 Å². The molecule has 1 aliphatic rings. The van der Waals surface area contributed by atoms with Crippen LogP contribution in [0.5, 0.6) is 5.75 Å². The maximum Gasteiger partial charge on any atom is 0.332 e. The standard InChI is InChI=1S/C25H18O.C5H8O2/c1-3-10-20(11-4-1)25(21-12-5-2-6-13-21)18-17-23-22-14-8-7-9-19(22)15-16-24(23)26-25;1-4(2)5(6)7-3/h1-18H;1H2,2-3H3. The lowest BCUT2D eigenvalue weighted by molar-refractivity contribution is -0.136. The predicted octanol–water partition coefficient (Wildman–Crippen LogP) is 6.92. The van der Waals surface area contributed by atoms with Gasteiger partial charge in [-0.2, -0.15) is 0 Å². The third-order valence-electron chi connectivity index (χ3n) is 5.63. The second kappa shape index (κ2) is 9.58. The fourth-order valence-corrected chi connectivity index (χ4v) is 3.97. The summed E-state index contributed by atoms with van der Waals surface area (Å²) in [6.07, 6.45) is 4.40. The molecule has 0 unspecified atom stereocenters. The van der Waals surface area contributed by atoms with Crippen LogP contribution in [0, 0.1) is 0 Å². The molecule has 33 heavy (non-hydrogen) atoms. The van der Waals surface area contributed by atoms with Crippen LogP contribution in [0.15, 0.2) is 115 Å². The Morgan fingerprint density at radius 2 is 1.39 bits per heavy atom. The highest BCUT2D eigenvalue weighted by Gasteiger charge is 2.37. The van der Waals surface area contributed by atoms with Crippen molar-refractivity contribution in [3.8, 4) is 5.75 Å². The van der Waals surface area contributed by atoms with E-state index in [4.69, 9.17) is 4.74 Å². The molecule has 3 nitrogen and oxygen atoms in total. The summed E-state index contributed by atoms with van der Waals surface area (Å²) in [5.41, 5.74) is 3.22. The molecule has 0 amide bonds. The van der Waals surface area contributed by atoms with Gasteiger partial charge in [0, 0.05) is 22.3 Å². The molecule has 1 heterocycles. The second-order valence-electron chi connectivity index (χ2n) is 7.87. The molecule has 0 spiro atoms. The lowest BCUT2D eigenvalue weighted by atomic mass is 9.83. The summed E-state index contributed by atoms with van der Waals surface area (Å²) in [7, 11) is 1.33. The molecule has 4 aromatic carbocycles. The molecular weight excluding hydrogens is 408 g/mol. The summed E-state index contributed by atoms with van der Waals surface area (Å²) in [6, 6.07) is 33.5. The third-order valence-corrected chi connectivity index (χ3v) is 5.63. The number of ether oxygens (including phenoxy) is 2. The van der Waals surface area contributed by atoms with Gasteiger partial charge in [-0.3, -0.25) is 0 Å². The third kappa shape index (κ3) is 4.44. The lowest BCUT2D eigenvalue weighted by Crippen LogP contribution is -2.34. The molecule has 0 aliphatic carbocycles. The highest BCUT2D eigenvalue weighted by atomic mass is 16.5. The van der Waals surface area contributed by atoms with Crippen LogP contribution < -0.4 is 4.74 Å². The van der Waals surface area contributed by atoms with Gasteiger partial charge in [0.15, 0.2) is 5.60 Å². The normalized spacial score (nSPS) is 13.2. The zero-order valence-electron chi connectivity index (χ0n) is 18.8. The molecule has 5 rings (SSSR count). The summed E-state index contributed by atoms with van der Waals surface area (Å²) in [5.74, 6) is 0.568. The Morgan fingerprint density at radius 1 is 0.818 bits per heavy atom. The summed E-state index contributed by atoms with van der Waals surface area (Å²) in [6.45, 7) is 4.95. The van der Waals surface area contributed by atoms with E-state index in [0.29, 0.717) is 5.57 Å². The number of esters is 1. The van der Waals surface area contributed by atoms with E-state index in [2.05, 4.69) is 108 Å². The molecule has 0 bridgehead atoms. The van der Waals surface area contributed by atoms with Crippen molar-refractivity contribution in [1.82, 2.24) is 0 Å². The van der Waals surface area contributed by atoms with E-state index in [1.54, 1.807) is 6.92 Å². The first kappa shape index (κ1) is 22.1. The van der Waals surface area contributed by atoms with Crippen molar-refractivity contribution in [2.45, 2.75) is 12.5 Å². The van der Waals surface area contributed by atoms with Crippen molar-refractivity contribution in [2.24, 2.45) is 0 Å². The number of rotatable bonds is 3. The molecule has 0 N–H and O–H groups in total. The van der Waals surface area contributed by atoms with Crippen LogP contribution in [0.4, 0.5) is 0 Å². The van der Waals surface area contributed by atoms with Gasteiger partial charge in [0.05, 0.1) is 7.11 Å². The molecule has 0 radical (unpaired) electrons. The molecule has 0 aromatic heterocycles. The van der Waals surface area contributed by atoms with E-state index in [1.165, 1.54) is 17.9 Å². The molecular formula is C30H26O3. The summed E-state index contributed by atoms with van der Waals surface area (Å²) in [5, 5.41) is 2.45. The van der Waals surface area contributed by atoms with Crippen LogP contribution in [-0.4, -0.2) is 13.1 Å². The maximum atomic E-state index is 10.2. The first-order valence-electron chi connectivity index (χ1n) is 10.8. The van der Waals surface area contributed by atoms with Crippen LogP contribution in [0.3, 0.4) is 0 Å². The fourth-order valence-electron chi connectivity index (χ4n) is 3.97. The Morgan fingerprint density at radius 3 is 1.94 bits per heavy atom. The van der Waals surface area contributed by atoms with Gasteiger partial charge in [-0.1, -0.05) is 97.6 Å². The molecule has 0 fully saturated rings. The van der Waals surface area contributed by atoms with Gasteiger partial charge in [-0.25, -0.2) is 4.79 Å². The van der Waals surface area contributed by atoms with Crippen LogP contribution in [0.25, 0.3) is 16.8 Å². The van der Waals surface area contributed by atoms with Crippen LogP contribution >= 0.6 is 0 Å². The van der Waals surface area contributed by atoms with Crippen molar-refractivity contribution in [1.29, 1.82) is 0 Å². The number of benzene rings is 4. The zero-order valence-corrected chi connectivity index (χ0v) is 18.8. The number of carbonyl (C=O) groups excluding carboxylic acids is 1. The van der Waals surface area contributed by atoms with Crippen molar-refractivity contribution < 1.29 is 14.3 Å². The summed E-state index contributed by atoms with van der Waals surface area (Å²) < 4.78 is 11.0. The van der Waals surface area contributed by atoms with Gasteiger partial charge >= 0.3 is 5.97 Å². The predicted molar refractivity (Wildman–Crippen MR) is 134 cm³/mol. The minimum Gasteiger partial charge on any atom is -0.473 e. The molecule has 4 aromatic rings. The monoisotopic (exact) mass is 434 g/mol. The van der Waals surface area contributed by atoms with Crippen LogP contribution in [0.1, 0.15) is 23.6 Å². The first-order valence-corrected chi connectivity index (χ1v) is 10.8. The van der Waals surface area contributed by atoms with Gasteiger partial charge in [0.2, 0.25) is 0 Å². The van der Waals surface area contributed by atoms with Crippen molar-refractivity contribution >= 4 is 22.8 Å². The van der Waals surface area contributed by atoms with E-state index >= 15 is 0 Å². The molecule has 1 aliphatic heterocycles. The fraction of sp³-hybridized carbons (Fsp3) is 0.100. The second-order valence-corrected chi connectivity index (χ2v) is 7.87. The Balaban J connectivity index is 0.000000325.